The highest BCUT2D eigenvalue weighted by atomic mass is 16.3. The standard InChI is InChI=1S/C12H22N4O/c1-6-13-11-14-8(2)7-10(15-11)16-12(4,5)9(3)17/h7,9,17H,6H2,1-5H3,(H2,13,14,15,16). The van der Waals surface area contributed by atoms with E-state index in [1.807, 2.05) is 33.8 Å². The summed E-state index contributed by atoms with van der Waals surface area (Å²) in [6, 6.07) is 1.87. The molecule has 0 saturated heterocycles. The van der Waals surface area contributed by atoms with E-state index in [4.69, 9.17) is 0 Å². The third-order valence-corrected chi connectivity index (χ3v) is 2.68. The van der Waals surface area contributed by atoms with Crippen LogP contribution in [0.5, 0.6) is 0 Å². The summed E-state index contributed by atoms with van der Waals surface area (Å²) < 4.78 is 0. The fourth-order valence-corrected chi connectivity index (χ4v) is 1.30. The van der Waals surface area contributed by atoms with Crippen LogP contribution in [0.25, 0.3) is 0 Å². The zero-order valence-corrected chi connectivity index (χ0v) is 11.2. The molecule has 0 aliphatic rings. The monoisotopic (exact) mass is 238 g/mol. The molecule has 0 fully saturated rings. The van der Waals surface area contributed by atoms with Gasteiger partial charge in [-0.15, -0.1) is 0 Å². The van der Waals surface area contributed by atoms with Gasteiger partial charge in [0.15, 0.2) is 0 Å². The molecule has 1 aromatic heterocycles. The number of aliphatic hydroxyl groups excluding tert-OH is 1. The van der Waals surface area contributed by atoms with Crippen LogP contribution < -0.4 is 10.6 Å². The minimum atomic E-state index is -0.472. The summed E-state index contributed by atoms with van der Waals surface area (Å²) in [5.74, 6) is 1.33. The molecule has 1 rings (SSSR count). The molecule has 0 aliphatic carbocycles. The topological polar surface area (TPSA) is 70.1 Å². The van der Waals surface area contributed by atoms with Crippen LogP contribution in [-0.2, 0) is 0 Å². The molecule has 0 spiro atoms. The maximum absolute atomic E-state index is 9.66. The molecular weight excluding hydrogens is 216 g/mol. The van der Waals surface area contributed by atoms with Gasteiger partial charge in [0.05, 0.1) is 11.6 Å². The average molecular weight is 238 g/mol. The fourth-order valence-electron chi connectivity index (χ4n) is 1.30. The largest absolute Gasteiger partial charge is 0.391 e. The Hall–Kier alpha value is -1.36. The zero-order valence-electron chi connectivity index (χ0n) is 11.2. The highest BCUT2D eigenvalue weighted by Gasteiger charge is 2.24. The molecule has 0 amide bonds. The lowest BCUT2D eigenvalue weighted by atomic mass is 9.99. The van der Waals surface area contributed by atoms with Crippen molar-refractivity contribution in [3.8, 4) is 0 Å². The van der Waals surface area contributed by atoms with E-state index < -0.39 is 11.6 Å². The number of aryl methyl sites for hydroxylation is 1. The van der Waals surface area contributed by atoms with Crippen LogP contribution in [0.15, 0.2) is 6.07 Å². The van der Waals surface area contributed by atoms with Gasteiger partial charge < -0.3 is 15.7 Å². The molecule has 0 aliphatic heterocycles. The smallest absolute Gasteiger partial charge is 0.224 e. The number of nitrogens with one attached hydrogen (secondary N) is 2. The molecule has 1 atom stereocenters. The molecule has 0 radical (unpaired) electrons. The van der Waals surface area contributed by atoms with Crippen molar-refractivity contribution in [3.05, 3.63) is 11.8 Å². The summed E-state index contributed by atoms with van der Waals surface area (Å²) in [6.45, 7) is 10.3. The number of aromatic nitrogens is 2. The molecule has 17 heavy (non-hydrogen) atoms. The van der Waals surface area contributed by atoms with Crippen LogP contribution >= 0.6 is 0 Å². The Labute approximate surface area is 103 Å². The molecule has 3 N–H and O–H groups in total. The van der Waals surface area contributed by atoms with Gasteiger partial charge in [-0.25, -0.2) is 4.98 Å². The molecule has 1 unspecified atom stereocenters. The second-order valence-corrected chi connectivity index (χ2v) is 4.77. The average Bonchev–Trinajstić information content (AvgIpc) is 2.15. The van der Waals surface area contributed by atoms with Gasteiger partial charge in [0, 0.05) is 18.3 Å². The molecule has 5 nitrogen and oxygen atoms in total. The van der Waals surface area contributed by atoms with E-state index in [2.05, 4.69) is 20.6 Å². The van der Waals surface area contributed by atoms with Crippen molar-refractivity contribution in [3.63, 3.8) is 0 Å². The first-order chi connectivity index (χ1) is 7.85. The van der Waals surface area contributed by atoms with Crippen LogP contribution in [0.2, 0.25) is 0 Å². The van der Waals surface area contributed by atoms with Crippen LogP contribution in [-0.4, -0.2) is 33.3 Å². The van der Waals surface area contributed by atoms with E-state index in [9.17, 15) is 5.11 Å². The predicted molar refractivity (Wildman–Crippen MR) is 70.3 cm³/mol. The zero-order chi connectivity index (χ0) is 13.1. The molecule has 1 heterocycles. The molecule has 0 bridgehead atoms. The Kier molecular flexibility index (Phi) is 4.28. The van der Waals surface area contributed by atoms with Gasteiger partial charge in [-0.2, -0.15) is 4.98 Å². The lowest BCUT2D eigenvalue weighted by molar-refractivity contribution is 0.133. The maximum atomic E-state index is 9.66. The fraction of sp³-hybridized carbons (Fsp3) is 0.667. The van der Waals surface area contributed by atoms with Crippen molar-refractivity contribution < 1.29 is 5.11 Å². The Morgan fingerprint density at radius 1 is 1.41 bits per heavy atom. The molecule has 0 aromatic carbocycles. The first-order valence-corrected chi connectivity index (χ1v) is 5.91. The molecule has 5 heteroatoms. The highest BCUT2D eigenvalue weighted by Crippen LogP contribution is 2.18. The quantitative estimate of drug-likeness (QED) is 0.729. The minimum Gasteiger partial charge on any atom is -0.391 e. The molecule has 96 valence electrons. The van der Waals surface area contributed by atoms with E-state index in [1.165, 1.54) is 0 Å². The van der Waals surface area contributed by atoms with E-state index in [-0.39, 0.29) is 0 Å². The number of hydrogen-bond donors (Lipinski definition) is 3. The predicted octanol–water partition coefficient (Wildman–Crippen LogP) is 1.79. The van der Waals surface area contributed by atoms with Crippen molar-refractivity contribution in [1.29, 1.82) is 0 Å². The van der Waals surface area contributed by atoms with Crippen LogP contribution in [0.3, 0.4) is 0 Å². The van der Waals surface area contributed by atoms with Gasteiger partial charge >= 0.3 is 0 Å². The van der Waals surface area contributed by atoms with Crippen LogP contribution in [0.4, 0.5) is 11.8 Å². The molecule has 1 aromatic rings. The summed E-state index contributed by atoms with van der Waals surface area (Å²) in [6.07, 6.45) is -0.472. The van der Waals surface area contributed by atoms with E-state index >= 15 is 0 Å². The Bertz CT molecular complexity index is 377. The number of nitrogens with zero attached hydrogens (tertiary/aromatic N) is 2. The molecular formula is C12H22N4O. The van der Waals surface area contributed by atoms with Crippen molar-refractivity contribution in [2.45, 2.75) is 46.3 Å². The van der Waals surface area contributed by atoms with Gasteiger partial charge in [-0.3, -0.25) is 0 Å². The Balaban J connectivity index is 2.91. The Morgan fingerprint density at radius 2 is 2.06 bits per heavy atom. The summed E-state index contributed by atoms with van der Waals surface area (Å²) >= 11 is 0. The second kappa shape index (κ2) is 5.31. The van der Waals surface area contributed by atoms with E-state index in [1.54, 1.807) is 6.92 Å². The van der Waals surface area contributed by atoms with Crippen molar-refractivity contribution in [2.75, 3.05) is 17.2 Å². The number of hydrogen-bond acceptors (Lipinski definition) is 5. The maximum Gasteiger partial charge on any atom is 0.224 e. The van der Waals surface area contributed by atoms with Crippen molar-refractivity contribution >= 4 is 11.8 Å². The number of rotatable bonds is 5. The van der Waals surface area contributed by atoms with Gasteiger partial charge in [0.2, 0.25) is 5.95 Å². The normalized spacial score (nSPS) is 13.3. The van der Waals surface area contributed by atoms with Gasteiger partial charge in [0.25, 0.3) is 0 Å². The third-order valence-electron chi connectivity index (χ3n) is 2.68. The first-order valence-electron chi connectivity index (χ1n) is 5.91. The lowest BCUT2D eigenvalue weighted by Crippen LogP contribution is -2.42. The third kappa shape index (κ3) is 3.85. The summed E-state index contributed by atoms with van der Waals surface area (Å²) in [5, 5.41) is 16.0. The van der Waals surface area contributed by atoms with Crippen LogP contribution in [0.1, 0.15) is 33.4 Å². The van der Waals surface area contributed by atoms with Gasteiger partial charge in [-0.05, 0) is 34.6 Å². The highest BCUT2D eigenvalue weighted by molar-refractivity contribution is 5.44. The SMILES string of the molecule is CCNc1nc(C)cc(NC(C)(C)C(C)O)n1. The van der Waals surface area contributed by atoms with Crippen LogP contribution in [0, 0.1) is 6.92 Å². The first kappa shape index (κ1) is 13.7. The summed E-state index contributed by atoms with van der Waals surface area (Å²) in [5.41, 5.74) is 0.462. The van der Waals surface area contributed by atoms with Crippen molar-refractivity contribution in [2.24, 2.45) is 0 Å². The minimum absolute atomic E-state index is 0.426. The van der Waals surface area contributed by atoms with E-state index in [0.29, 0.717) is 5.95 Å². The van der Waals surface area contributed by atoms with Gasteiger partial charge in [-0.1, -0.05) is 0 Å². The second-order valence-electron chi connectivity index (χ2n) is 4.77. The lowest BCUT2D eigenvalue weighted by Gasteiger charge is -2.30. The van der Waals surface area contributed by atoms with E-state index in [0.717, 1.165) is 18.1 Å². The molecule has 0 saturated carbocycles. The number of aliphatic hydroxyl groups is 1. The van der Waals surface area contributed by atoms with Crippen molar-refractivity contribution in [1.82, 2.24) is 9.97 Å². The summed E-state index contributed by atoms with van der Waals surface area (Å²) in [4.78, 5) is 8.62. The number of anilines is 2. The summed E-state index contributed by atoms with van der Waals surface area (Å²) in [7, 11) is 0. The Morgan fingerprint density at radius 3 is 2.59 bits per heavy atom. The van der Waals surface area contributed by atoms with Gasteiger partial charge in [0.1, 0.15) is 5.82 Å².